The summed E-state index contributed by atoms with van der Waals surface area (Å²) in [5.41, 5.74) is 1.25. The first-order chi connectivity index (χ1) is 15.5. The molecule has 1 amide bonds. The van der Waals surface area contributed by atoms with Gasteiger partial charge in [-0.25, -0.2) is 8.78 Å². The summed E-state index contributed by atoms with van der Waals surface area (Å²) in [6, 6.07) is 10.0. The zero-order valence-electron chi connectivity index (χ0n) is 18.7. The third-order valence-corrected chi connectivity index (χ3v) is 6.71. The van der Waals surface area contributed by atoms with Crippen molar-refractivity contribution < 1.29 is 23.0 Å². The molecular formula is C25H30F2N2O3. The van der Waals surface area contributed by atoms with Crippen molar-refractivity contribution in [2.24, 2.45) is 5.92 Å². The van der Waals surface area contributed by atoms with E-state index in [1.165, 1.54) is 0 Å². The van der Waals surface area contributed by atoms with Gasteiger partial charge in [0.2, 0.25) is 5.91 Å². The molecule has 0 bridgehead atoms. The van der Waals surface area contributed by atoms with E-state index in [2.05, 4.69) is 4.90 Å². The van der Waals surface area contributed by atoms with Crippen LogP contribution in [0.1, 0.15) is 30.4 Å². The number of halogens is 2. The fourth-order valence-electron chi connectivity index (χ4n) is 5.01. The van der Waals surface area contributed by atoms with Crippen LogP contribution in [0.3, 0.4) is 0 Å². The van der Waals surface area contributed by atoms with Crippen LogP contribution < -0.4 is 9.47 Å². The largest absolute Gasteiger partial charge is 0.493 e. The number of fused-ring (bicyclic) bond motifs is 1. The Kier molecular flexibility index (Phi) is 6.94. The lowest BCUT2D eigenvalue weighted by Gasteiger charge is -2.30. The van der Waals surface area contributed by atoms with Gasteiger partial charge in [0.25, 0.3) is 0 Å². The summed E-state index contributed by atoms with van der Waals surface area (Å²) in [6.45, 7) is 2.52. The number of amides is 1. The topological polar surface area (TPSA) is 42.0 Å². The summed E-state index contributed by atoms with van der Waals surface area (Å²) in [6.07, 6.45) is 3.45. The molecule has 0 aromatic heterocycles. The lowest BCUT2D eigenvalue weighted by Crippen LogP contribution is -2.40. The van der Waals surface area contributed by atoms with Crippen LogP contribution in [0.5, 0.6) is 11.5 Å². The maximum absolute atomic E-state index is 14.3. The second-order valence-corrected chi connectivity index (χ2v) is 8.67. The maximum atomic E-state index is 14.3. The minimum absolute atomic E-state index is 0.0715. The van der Waals surface area contributed by atoms with Gasteiger partial charge in [-0.15, -0.1) is 0 Å². The number of benzene rings is 2. The zero-order valence-corrected chi connectivity index (χ0v) is 18.7. The standard InChI is InChI=1S/C25H30F2N2O3/c1-31-22-10-9-17(12-23(22)32-2)13-24(30)29-14-18-6-3-4-11-28(21(18)16-29)15-19-7-5-8-20(26)25(19)27/h5,7-10,12,18,21H,3-4,6,11,13-16H2,1-2H3/t18-,21+/m0/s1. The number of carbonyl (C=O) groups is 1. The number of carbonyl (C=O) groups excluding carboxylic acids is 1. The van der Waals surface area contributed by atoms with Crippen LogP contribution in [0.4, 0.5) is 8.78 Å². The van der Waals surface area contributed by atoms with E-state index in [1.807, 2.05) is 23.1 Å². The molecule has 0 unspecified atom stereocenters. The molecule has 0 aliphatic carbocycles. The number of nitrogens with zero attached hydrogens (tertiary/aromatic N) is 2. The van der Waals surface area contributed by atoms with E-state index < -0.39 is 11.6 Å². The number of rotatable bonds is 6. The summed E-state index contributed by atoms with van der Waals surface area (Å²) < 4.78 is 38.6. The summed E-state index contributed by atoms with van der Waals surface area (Å²) in [4.78, 5) is 17.2. The van der Waals surface area contributed by atoms with E-state index in [-0.39, 0.29) is 18.4 Å². The Labute approximate surface area is 187 Å². The van der Waals surface area contributed by atoms with Gasteiger partial charge in [-0.3, -0.25) is 9.69 Å². The molecule has 32 heavy (non-hydrogen) atoms. The number of hydrogen-bond donors (Lipinski definition) is 0. The first-order valence-electron chi connectivity index (χ1n) is 11.2. The van der Waals surface area contributed by atoms with Crippen LogP contribution >= 0.6 is 0 Å². The zero-order chi connectivity index (χ0) is 22.7. The summed E-state index contributed by atoms with van der Waals surface area (Å²) in [7, 11) is 3.16. The van der Waals surface area contributed by atoms with Gasteiger partial charge in [0.15, 0.2) is 23.1 Å². The molecule has 2 aromatic carbocycles. The van der Waals surface area contributed by atoms with E-state index in [0.717, 1.165) is 37.4 Å². The van der Waals surface area contributed by atoms with Crippen LogP contribution in [-0.2, 0) is 17.8 Å². The monoisotopic (exact) mass is 444 g/mol. The van der Waals surface area contributed by atoms with Crippen LogP contribution in [0, 0.1) is 17.6 Å². The normalized spacial score (nSPS) is 21.2. The second-order valence-electron chi connectivity index (χ2n) is 8.67. The predicted molar refractivity (Wildman–Crippen MR) is 118 cm³/mol. The molecule has 7 heteroatoms. The molecule has 172 valence electrons. The SMILES string of the molecule is COc1ccc(CC(=O)N2C[C@@H]3CCCCN(Cc4cccc(F)c4F)[C@@H]3C2)cc1OC. The summed E-state index contributed by atoms with van der Waals surface area (Å²) in [5, 5.41) is 0. The van der Waals surface area contributed by atoms with Gasteiger partial charge in [0.1, 0.15) is 0 Å². The quantitative estimate of drug-likeness (QED) is 0.675. The molecule has 0 N–H and O–H groups in total. The second kappa shape index (κ2) is 9.86. The molecule has 0 spiro atoms. The maximum Gasteiger partial charge on any atom is 0.227 e. The molecule has 2 fully saturated rings. The Morgan fingerprint density at radius 2 is 1.88 bits per heavy atom. The molecule has 4 rings (SSSR count). The molecular weight excluding hydrogens is 414 g/mol. The van der Waals surface area contributed by atoms with Crippen LogP contribution in [0.15, 0.2) is 36.4 Å². The molecule has 2 aromatic rings. The van der Waals surface area contributed by atoms with Gasteiger partial charge >= 0.3 is 0 Å². The Bertz CT molecular complexity index is 968. The minimum atomic E-state index is -0.813. The van der Waals surface area contributed by atoms with Crippen molar-refractivity contribution in [2.75, 3.05) is 33.9 Å². The Hall–Kier alpha value is -2.67. The molecule has 2 atom stereocenters. The molecule has 5 nitrogen and oxygen atoms in total. The van der Waals surface area contributed by atoms with E-state index in [4.69, 9.17) is 9.47 Å². The molecule has 2 saturated heterocycles. The minimum Gasteiger partial charge on any atom is -0.493 e. The highest BCUT2D eigenvalue weighted by atomic mass is 19.2. The van der Waals surface area contributed by atoms with E-state index in [9.17, 15) is 13.6 Å². The number of hydrogen-bond acceptors (Lipinski definition) is 4. The van der Waals surface area contributed by atoms with Crippen molar-refractivity contribution in [1.82, 2.24) is 9.80 Å². The van der Waals surface area contributed by atoms with Gasteiger partial charge in [-0.2, -0.15) is 0 Å². The average Bonchev–Trinajstić information content (AvgIpc) is 3.14. The fraction of sp³-hybridized carbons (Fsp3) is 0.480. The van der Waals surface area contributed by atoms with Gasteiger partial charge in [-0.05, 0) is 49.1 Å². The molecule has 2 aliphatic heterocycles. The lowest BCUT2D eigenvalue weighted by atomic mass is 9.98. The van der Waals surface area contributed by atoms with Gasteiger partial charge in [0, 0.05) is 31.2 Å². The van der Waals surface area contributed by atoms with Crippen molar-refractivity contribution in [2.45, 2.75) is 38.3 Å². The molecule has 2 heterocycles. The van der Waals surface area contributed by atoms with Crippen molar-refractivity contribution >= 4 is 5.91 Å². The third-order valence-electron chi connectivity index (χ3n) is 6.71. The highest BCUT2D eigenvalue weighted by molar-refractivity contribution is 5.79. The highest BCUT2D eigenvalue weighted by Gasteiger charge is 2.39. The number of methoxy groups -OCH3 is 2. The van der Waals surface area contributed by atoms with Gasteiger partial charge < -0.3 is 14.4 Å². The van der Waals surface area contributed by atoms with Crippen LogP contribution in [-0.4, -0.2) is 55.6 Å². The Morgan fingerprint density at radius 3 is 2.66 bits per heavy atom. The molecule has 0 saturated carbocycles. The smallest absolute Gasteiger partial charge is 0.227 e. The van der Waals surface area contributed by atoms with Crippen molar-refractivity contribution in [3.63, 3.8) is 0 Å². The van der Waals surface area contributed by atoms with E-state index in [0.29, 0.717) is 42.6 Å². The summed E-state index contributed by atoms with van der Waals surface area (Å²) in [5.74, 6) is 0.0744. The fourth-order valence-corrected chi connectivity index (χ4v) is 5.01. The lowest BCUT2D eigenvalue weighted by molar-refractivity contribution is -0.129. The van der Waals surface area contributed by atoms with E-state index in [1.54, 1.807) is 26.4 Å². The predicted octanol–water partition coefficient (Wildman–Crippen LogP) is 4.04. The highest BCUT2D eigenvalue weighted by Crippen LogP contribution is 2.32. The van der Waals surface area contributed by atoms with Crippen molar-refractivity contribution in [3.8, 4) is 11.5 Å². The van der Waals surface area contributed by atoms with Crippen LogP contribution in [0.2, 0.25) is 0 Å². The average molecular weight is 445 g/mol. The molecule has 0 radical (unpaired) electrons. The molecule has 2 aliphatic rings. The third kappa shape index (κ3) is 4.72. The number of ether oxygens (including phenoxy) is 2. The first kappa shape index (κ1) is 22.5. The van der Waals surface area contributed by atoms with Gasteiger partial charge in [-0.1, -0.05) is 24.6 Å². The van der Waals surface area contributed by atoms with Crippen molar-refractivity contribution in [3.05, 3.63) is 59.2 Å². The van der Waals surface area contributed by atoms with Crippen molar-refractivity contribution in [1.29, 1.82) is 0 Å². The summed E-state index contributed by atoms with van der Waals surface area (Å²) >= 11 is 0. The first-order valence-corrected chi connectivity index (χ1v) is 11.2. The van der Waals surface area contributed by atoms with Crippen LogP contribution in [0.25, 0.3) is 0 Å². The number of likely N-dealkylation sites (tertiary alicyclic amines) is 2. The Balaban J connectivity index is 1.45. The van der Waals surface area contributed by atoms with Gasteiger partial charge in [0.05, 0.1) is 20.6 Å². The Morgan fingerprint density at radius 1 is 1.06 bits per heavy atom. The van der Waals surface area contributed by atoms with E-state index >= 15 is 0 Å².